The van der Waals surface area contributed by atoms with E-state index in [-0.39, 0.29) is 6.42 Å². The van der Waals surface area contributed by atoms with Crippen LogP contribution in [0.2, 0.25) is 0 Å². The molecule has 1 aliphatic carbocycles. The number of carbonyl (C=O) groups is 1. The van der Waals surface area contributed by atoms with Crippen molar-refractivity contribution in [1.82, 2.24) is 10.2 Å². The molecule has 20 heavy (non-hydrogen) atoms. The van der Waals surface area contributed by atoms with Gasteiger partial charge in [0.25, 0.3) is 0 Å². The number of fused-ring (bicyclic) bond motifs is 1. The molecule has 0 aliphatic heterocycles. The standard InChI is InChI=1S/C16H18N2O2/c19-16(20)8-7-14-10-15(18-17-14)13-6-5-11-3-1-2-4-12(11)9-13/h5-6,9-10H,1-4,7-8H2,(H,17,18)(H,19,20). The van der Waals surface area contributed by atoms with Crippen molar-refractivity contribution in [2.75, 3.05) is 0 Å². The largest absolute Gasteiger partial charge is 0.481 e. The molecule has 0 bridgehead atoms. The Labute approximate surface area is 117 Å². The number of nitrogens with zero attached hydrogens (tertiary/aromatic N) is 1. The molecule has 0 unspecified atom stereocenters. The predicted molar refractivity (Wildman–Crippen MR) is 76.6 cm³/mol. The Morgan fingerprint density at radius 1 is 1.20 bits per heavy atom. The average Bonchev–Trinajstić information content (AvgIpc) is 2.93. The van der Waals surface area contributed by atoms with Crippen LogP contribution in [0.15, 0.2) is 24.3 Å². The first kappa shape index (κ1) is 12.9. The maximum absolute atomic E-state index is 10.6. The monoisotopic (exact) mass is 270 g/mol. The van der Waals surface area contributed by atoms with Gasteiger partial charge in [0.05, 0.1) is 12.1 Å². The minimum atomic E-state index is -0.782. The van der Waals surface area contributed by atoms with Crippen LogP contribution in [0, 0.1) is 0 Å². The fourth-order valence-corrected chi connectivity index (χ4v) is 2.77. The lowest BCUT2D eigenvalue weighted by molar-refractivity contribution is -0.136. The van der Waals surface area contributed by atoms with E-state index in [1.54, 1.807) is 0 Å². The molecule has 0 amide bonds. The van der Waals surface area contributed by atoms with E-state index in [0.29, 0.717) is 6.42 Å². The van der Waals surface area contributed by atoms with Gasteiger partial charge in [0, 0.05) is 11.3 Å². The van der Waals surface area contributed by atoms with Crippen LogP contribution >= 0.6 is 0 Å². The van der Waals surface area contributed by atoms with Crippen LogP contribution in [-0.4, -0.2) is 21.3 Å². The summed E-state index contributed by atoms with van der Waals surface area (Å²) >= 11 is 0. The number of H-pyrrole nitrogens is 1. The molecule has 0 saturated heterocycles. The van der Waals surface area contributed by atoms with E-state index in [2.05, 4.69) is 28.4 Å². The second kappa shape index (κ2) is 5.49. The van der Waals surface area contributed by atoms with Gasteiger partial charge in [-0.25, -0.2) is 0 Å². The molecule has 2 N–H and O–H groups in total. The Bertz CT molecular complexity index is 631. The van der Waals surface area contributed by atoms with Gasteiger partial charge in [0.15, 0.2) is 0 Å². The van der Waals surface area contributed by atoms with Gasteiger partial charge in [0.1, 0.15) is 0 Å². The lowest BCUT2D eigenvalue weighted by Crippen LogP contribution is -2.02. The minimum Gasteiger partial charge on any atom is -0.481 e. The van der Waals surface area contributed by atoms with Crippen molar-refractivity contribution in [3.63, 3.8) is 0 Å². The molecular weight excluding hydrogens is 252 g/mol. The second-order valence-corrected chi connectivity index (χ2v) is 5.36. The van der Waals surface area contributed by atoms with E-state index in [1.165, 1.54) is 30.4 Å². The first-order valence-electron chi connectivity index (χ1n) is 7.10. The Kier molecular flexibility index (Phi) is 3.54. The molecule has 0 saturated carbocycles. The number of hydrogen-bond donors (Lipinski definition) is 2. The van der Waals surface area contributed by atoms with Crippen LogP contribution < -0.4 is 0 Å². The molecule has 0 fully saturated rings. The normalized spacial score (nSPS) is 14.0. The van der Waals surface area contributed by atoms with E-state index in [0.717, 1.165) is 23.4 Å². The number of rotatable bonds is 4. The zero-order chi connectivity index (χ0) is 13.9. The van der Waals surface area contributed by atoms with E-state index in [9.17, 15) is 4.79 Å². The molecule has 4 nitrogen and oxygen atoms in total. The van der Waals surface area contributed by atoms with Gasteiger partial charge in [-0.05, 0) is 55.4 Å². The molecule has 1 aliphatic rings. The molecule has 0 radical (unpaired) electrons. The van der Waals surface area contributed by atoms with Crippen LogP contribution in [0.3, 0.4) is 0 Å². The van der Waals surface area contributed by atoms with Gasteiger partial charge < -0.3 is 5.11 Å². The number of carboxylic acids is 1. The van der Waals surface area contributed by atoms with Crippen molar-refractivity contribution in [3.8, 4) is 11.3 Å². The average molecular weight is 270 g/mol. The van der Waals surface area contributed by atoms with Crippen LogP contribution in [0.1, 0.15) is 36.1 Å². The van der Waals surface area contributed by atoms with Crippen molar-refractivity contribution in [2.45, 2.75) is 38.5 Å². The predicted octanol–water partition coefficient (Wildman–Crippen LogP) is 2.97. The lowest BCUT2D eigenvalue weighted by Gasteiger charge is -2.15. The van der Waals surface area contributed by atoms with Crippen LogP contribution in [0.5, 0.6) is 0 Å². The van der Waals surface area contributed by atoms with Gasteiger partial charge in [-0.1, -0.05) is 12.1 Å². The third kappa shape index (κ3) is 2.74. The number of aromatic amines is 1. The van der Waals surface area contributed by atoms with Crippen molar-refractivity contribution in [2.24, 2.45) is 0 Å². The maximum atomic E-state index is 10.6. The Hall–Kier alpha value is -2.10. The number of hydrogen-bond acceptors (Lipinski definition) is 2. The first-order chi connectivity index (χ1) is 9.72. The summed E-state index contributed by atoms with van der Waals surface area (Å²) in [5.74, 6) is -0.782. The number of benzene rings is 1. The Balaban J connectivity index is 1.80. The molecular formula is C16H18N2O2. The smallest absolute Gasteiger partial charge is 0.303 e. The zero-order valence-electron chi connectivity index (χ0n) is 11.4. The summed E-state index contributed by atoms with van der Waals surface area (Å²) in [4.78, 5) is 10.6. The quantitative estimate of drug-likeness (QED) is 0.897. The van der Waals surface area contributed by atoms with Crippen LogP contribution in [-0.2, 0) is 24.1 Å². The topological polar surface area (TPSA) is 66.0 Å². The van der Waals surface area contributed by atoms with E-state index in [1.807, 2.05) is 6.07 Å². The van der Waals surface area contributed by atoms with E-state index in [4.69, 9.17) is 5.11 Å². The van der Waals surface area contributed by atoms with Crippen LogP contribution in [0.25, 0.3) is 11.3 Å². The fraction of sp³-hybridized carbons (Fsp3) is 0.375. The summed E-state index contributed by atoms with van der Waals surface area (Å²) in [6.07, 6.45) is 5.51. The third-order valence-electron chi connectivity index (χ3n) is 3.88. The van der Waals surface area contributed by atoms with Gasteiger partial charge in [-0.15, -0.1) is 0 Å². The summed E-state index contributed by atoms with van der Waals surface area (Å²) in [5, 5.41) is 15.9. The number of carboxylic acid groups (broad SMARTS) is 1. The van der Waals surface area contributed by atoms with Gasteiger partial charge in [0.2, 0.25) is 0 Å². The number of aliphatic carboxylic acids is 1. The number of nitrogens with one attached hydrogen (secondary N) is 1. The SMILES string of the molecule is O=C(O)CCc1cc(-c2ccc3c(c2)CCCC3)n[nH]1. The highest BCUT2D eigenvalue weighted by atomic mass is 16.4. The van der Waals surface area contributed by atoms with Gasteiger partial charge >= 0.3 is 5.97 Å². The van der Waals surface area contributed by atoms with Crippen molar-refractivity contribution >= 4 is 5.97 Å². The summed E-state index contributed by atoms with van der Waals surface area (Å²) in [5.41, 5.74) is 5.79. The van der Waals surface area contributed by atoms with Crippen molar-refractivity contribution in [3.05, 3.63) is 41.1 Å². The van der Waals surface area contributed by atoms with Crippen molar-refractivity contribution < 1.29 is 9.90 Å². The molecule has 3 rings (SSSR count). The Morgan fingerprint density at radius 3 is 2.80 bits per heavy atom. The van der Waals surface area contributed by atoms with E-state index < -0.39 is 5.97 Å². The molecule has 4 heteroatoms. The molecule has 2 aromatic rings. The molecule has 104 valence electrons. The highest BCUT2D eigenvalue weighted by Crippen LogP contribution is 2.26. The lowest BCUT2D eigenvalue weighted by atomic mass is 9.90. The number of aryl methyl sites for hydroxylation is 3. The summed E-state index contributed by atoms with van der Waals surface area (Å²) in [6.45, 7) is 0. The fourth-order valence-electron chi connectivity index (χ4n) is 2.77. The summed E-state index contributed by atoms with van der Waals surface area (Å²) in [6, 6.07) is 8.50. The van der Waals surface area contributed by atoms with Crippen LogP contribution in [0.4, 0.5) is 0 Å². The van der Waals surface area contributed by atoms with E-state index >= 15 is 0 Å². The number of aromatic nitrogens is 2. The molecule has 1 heterocycles. The molecule has 0 atom stereocenters. The van der Waals surface area contributed by atoms with Gasteiger partial charge in [-0.3, -0.25) is 9.89 Å². The van der Waals surface area contributed by atoms with Gasteiger partial charge in [-0.2, -0.15) is 5.10 Å². The highest BCUT2D eigenvalue weighted by Gasteiger charge is 2.12. The maximum Gasteiger partial charge on any atom is 0.303 e. The van der Waals surface area contributed by atoms with Crippen molar-refractivity contribution in [1.29, 1.82) is 0 Å². The molecule has 1 aromatic carbocycles. The second-order valence-electron chi connectivity index (χ2n) is 5.36. The summed E-state index contributed by atoms with van der Waals surface area (Å²) < 4.78 is 0. The molecule has 0 spiro atoms. The highest BCUT2D eigenvalue weighted by molar-refractivity contribution is 5.67. The zero-order valence-corrected chi connectivity index (χ0v) is 11.4. The summed E-state index contributed by atoms with van der Waals surface area (Å²) in [7, 11) is 0. The Morgan fingerprint density at radius 2 is 2.00 bits per heavy atom. The third-order valence-corrected chi connectivity index (χ3v) is 3.88. The minimum absolute atomic E-state index is 0.131. The first-order valence-corrected chi connectivity index (χ1v) is 7.10. The molecule has 1 aromatic heterocycles.